The Hall–Kier alpha value is -2.84. The molecule has 3 N–H and O–H groups in total. The third kappa shape index (κ3) is 5.08. The van der Waals surface area contributed by atoms with Gasteiger partial charge in [0.1, 0.15) is 0 Å². The van der Waals surface area contributed by atoms with Crippen LogP contribution in [-0.2, 0) is 6.18 Å². The van der Waals surface area contributed by atoms with E-state index >= 15 is 0 Å². The number of nitrogens with one attached hydrogen (secondary N) is 3. The van der Waals surface area contributed by atoms with Crippen LogP contribution >= 0.6 is 0 Å². The SMILES string of the molecule is O=C(Nc1ccc(N2CCNCC2)c(C(F)(F)F)c1)c1ccc(C2=CCNCC2)cc1. The van der Waals surface area contributed by atoms with Crippen LogP contribution in [0.5, 0.6) is 0 Å². The van der Waals surface area contributed by atoms with E-state index in [1.165, 1.54) is 17.7 Å². The van der Waals surface area contributed by atoms with E-state index in [9.17, 15) is 18.0 Å². The van der Waals surface area contributed by atoms with Gasteiger partial charge in [0.15, 0.2) is 0 Å². The number of rotatable bonds is 4. The molecule has 5 nitrogen and oxygen atoms in total. The molecule has 2 aliphatic rings. The smallest absolute Gasteiger partial charge is 0.368 e. The zero-order valence-corrected chi connectivity index (χ0v) is 17.1. The number of halogens is 3. The van der Waals surface area contributed by atoms with Gasteiger partial charge in [-0.05, 0) is 54.4 Å². The van der Waals surface area contributed by atoms with E-state index in [0.717, 1.165) is 31.1 Å². The fourth-order valence-corrected chi connectivity index (χ4v) is 3.95. The van der Waals surface area contributed by atoms with Crippen molar-refractivity contribution in [1.82, 2.24) is 10.6 Å². The van der Waals surface area contributed by atoms with Crippen LogP contribution in [0, 0.1) is 0 Å². The molecule has 0 saturated carbocycles. The standard InChI is InChI=1S/C23H25F3N4O/c24-23(25,26)20-15-19(5-6-21(20)30-13-11-28-12-14-30)29-22(31)18-3-1-16(2-4-18)17-7-9-27-10-8-17/h1-7,15,27-28H,8-14H2,(H,29,31). The van der Waals surface area contributed by atoms with Crippen LogP contribution in [0.15, 0.2) is 48.5 Å². The summed E-state index contributed by atoms with van der Waals surface area (Å²) in [6, 6.07) is 11.1. The molecule has 2 heterocycles. The van der Waals surface area contributed by atoms with Crippen molar-refractivity contribution in [3.63, 3.8) is 0 Å². The lowest BCUT2D eigenvalue weighted by atomic mass is 9.99. The van der Waals surface area contributed by atoms with E-state index in [1.807, 2.05) is 12.1 Å². The molecule has 4 rings (SSSR count). The van der Waals surface area contributed by atoms with Gasteiger partial charge in [-0.15, -0.1) is 0 Å². The van der Waals surface area contributed by atoms with Crippen LogP contribution in [0.4, 0.5) is 24.5 Å². The molecule has 1 saturated heterocycles. The Morgan fingerprint density at radius 3 is 2.35 bits per heavy atom. The maximum Gasteiger partial charge on any atom is 0.418 e. The number of hydrogen-bond acceptors (Lipinski definition) is 4. The summed E-state index contributed by atoms with van der Waals surface area (Å²) in [5.41, 5.74) is 2.22. The molecule has 164 valence electrons. The molecule has 0 bridgehead atoms. The summed E-state index contributed by atoms with van der Waals surface area (Å²) in [7, 11) is 0. The maximum absolute atomic E-state index is 13.7. The summed E-state index contributed by atoms with van der Waals surface area (Å²) in [4.78, 5) is 14.3. The lowest BCUT2D eigenvalue weighted by Crippen LogP contribution is -2.44. The number of nitrogens with zero attached hydrogens (tertiary/aromatic N) is 1. The topological polar surface area (TPSA) is 56.4 Å². The van der Waals surface area contributed by atoms with Crippen LogP contribution < -0.4 is 20.9 Å². The van der Waals surface area contributed by atoms with Gasteiger partial charge in [-0.25, -0.2) is 0 Å². The predicted octanol–water partition coefficient (Wildman–Crippen LogP) is 3.74. The molecule has 2 aromatic carbocycles. The Balaban J connectivity index is 1.51. The number of carbonyl (C=O) groups excluding carboxylic acids is 1. The van der Waals surface area contributed by atoms with E-state index in [4.69, 9.17) is 0 Å². The predicted molar refractivity (Wildman–Crippen MR) is 116 cm³/mol. The van der Waals surface area contributed by atoms with Crippen molar-refractivity contribution in [2.75, 3.05) is 49.5 Å². The zero-order chi connectivity index (χ0) is 21.8. The van der Waals surface area contributed by atoms with Crippen molar-refractivity contribution in [2.45, 2.75) is 12.6 Å². The molecule has 0 radical (unpaired) electrons. The Bertz CT molecular complexity index is 964. The number of alkyl halides is 3. The highest BCUT2D eigenvalue weighted by atomic mass is 19.4. The minimum Gasteiger partial charge on any atom is -0.368 e. The Kier molecular flexibility index (Phi) is 6.29. The fraction of sp³-hybridized carbons (Fsp3) is 0.348. The summed E-state index contributed by atoms with van der Waals surface area (Å²) in [6.45, 7) is 4.03. The highest BCUT2D eigenvalue weighted by Gasteiger charge is 2.35. The molecule has 2 aromatic rings. The van der Waals surface area contributed by atoms with Crippen LogP contribution in [-0.4, -0.2) is 45.2 Å². The molecule has 0 aliphatic carbocycles. The molecule has 8 heteroatoms. The second-order valence-corrected chi connectivity index (χ2v) is 7.68. The second kappa shape index (κ2) is 9.11. The van der Waals surface area contributed by atoms with E-state index < -0.39 is 17.6 Å². The first-order valence-electron chi connectivity index (χ1n) is 10.4. The van der Waals surface area contributed by atoms with Gasteiger partial charge in [-0.3, -0.25) is 4.79 Å². The molecule has 1 amide bonds. The first kappa shape index (κ1) is 21.4. The van der Waals surface area contributed by atoms with Gasteiger partial charge in [0.05, 0.1) is 5.56 Å². The quantitative estimate of drug-likeness (QED) is 0.692. The third-order valence-electron chi connectivity index (χ3n) is 5.60. The average molecular weight is 430 g/mol. The zero-order valence-electron chi connectivity index (χ0n) is 17.1. The van der Waals surface area contributed by atoms with E-state index in [2.05, 4.69) is 22.0 Å². The van der Waals surface area contributed by atoms with Gasteiger partial charge in [0, 0.05) is 49.7 Å². The Labute approximate surface area is 179 Å². The summed E-state index contributed by atoms with van der Waals surface area (Å²) in [6.07, 6.45) is -1.46. The van der Waals surface area contributed by atoms with Crippen molar-refractivity contribution in [3.05, 3.63) is 65.2 Å². The van der Waals surface area contributed by atoms with Crippen LogP contribution in [0.1, 0.15) is 27.9 Å². The number of carbonyl (C=O) groups is 1. The summed E-state index contributed by atoms with van der Waals surface area (Å²) < 4.78 is 41.1. The van der Waals surface area contributed by atoms with Crippen molar-refractivity contribution < 1.29 is 18.0 Å². The molecule has 0 aromatic heterocycles. The highest BCUT2D eigenvalue weighted by Crippen LogP contribution is 2.38. The molecule has 0 unspecified atom stereocenters. The lowest BCUT2D eigenvalue weighted by molar-refractivity contribution is -0.137. The summed E-state index contributed by atoms with van der Waals surface area (Å²) in [5, 5.41) is 9.00. The molecular formula is C23H25F3N4O. The number of amides is 1. The van der Waals surface area contributed by atoms with Gasteiger partial charge in [0.25, 0.3) is 5.91 Å². The highest BCUT2D eigenvalue weighted by molar-refractivity contribution is 6.04. The summed E-state index contributed by atoms with van der Waals surface area (Å²) >= 11 is 0. The van der Waals surface area contributed by atoms with Crippen molar-refractivity contribution in [2.24, 2.45) is 0 Å². The largest absolute Gasteiger partial charge is 0.418 e. The van der Waals surface area contributed by atoms with E-state index in [-0.39, 0.29) is 11.4 Å². The van der Waals surface area contributed by atoms with Crippen molar-refractivity contribution in [3.8, 4) is 0 Å². The molecule has 0 atom stereocenters. The number of hydrogen-bond donors (Lipinski definition) is 3. The van der Waals surface area contributed by atoms with Crippen molar-refractivity contribution in [1.29, 1.82) is 0 Å². The van der Waals surface area contributed by atoms with Crippen LogP contribution in [0.2, 0.25) is 0 Å². The van der Waals surface area contributed by atoms with Gasteiger partial charge >= 0.3 is 6.18 Å². The Morgan fingerprint density at radius 1 is 0.968 bits per heavy atom. The average Bonchev–Trinajstić information content (AvgIpc) is 2.80. The number of benzene rings is 2. The van der Waals surface area contributed by atoms with Crippen LogP contribution in [0.25, 0.3) is 5.57 Å². The van der Waals surface area contributed by atoms with E-state index in [1.54, 1.807) is 17.0 Å². The first-order valence-corrected chi connectivity index (χ1v) is 10.4. The first-order chi connectivity index (χ1) is 14.9. The lowest BCUT2D eigenvalue weighted by Gasteiger charge is -2.31. The molecule has 0 spiro atoms. The molecular weight excluding hydrogens is 405 g/mol. The van der Waals surface area contributed by atoms with Gasteiger partial charge < -0.3 is 20.9 Å². The van der Waals surface area contributed by atoms with Gasteiger partial charge in [-0.1, -0.05) is 18.2 Å². The van der Waals surface area contributed by atoms with Crippen LogP contribution in [0.3, 0.4) is 0 Å². The minimum atomic E-state index is -4.51. The van der Waals surface area contributed by atoms with Crippen molar-refractivity contribution >= 4 is 22.9 Å². The molecule has 31 heavy (non-hydrogen) atoms. The normalized spacial score (nSPS) is 17.3. The molecule has 2 aliphatic heterocycles. The van der Waals surface area contributed by atoms with Gasteiger partial charge in [-0.2, -0.15) is 13.2 Å². The maximum atomic E-state index is 13.7. The van der Waals surface area contributed by atoms with Gasteiger partial charge in [0.2, 0.25) is 0 Å². The Morgan fingerprint density at radius 2 is 1.71 bits per heavy atom. The monoisotopic (exact) mass is 430 g/mol. The third-order valence-corrected chi connectivity index (χ3v) is 5.60. The number of anilines is 2. The molecule has 1 fully saturated rings. The number of piperazine rings is 1. The minimum absolute atomic E-state index is 0.126. The fourth-order valence-electron chi connectivity index (χ4n) is 3.95. The second-order valence-electron chi connectivity index (χ2n) is 7.68. The van der Waals surface area contributed by atoms with E-state index in [0.29, 0.717) is 31.7 Å². The summed E-state index contributed by atoms with van der Waals surface area (Å²) in [5.74, 6) is -0.436.